The number of ether oxygens (including phenoxy) is 1. The molecule has 0 saturated carbocycles. The number of methoxy groups -OCH3 is 1. The Labute approximate surface area is 111 Å². The summed E-state index contributed by atoms with van der Waals surface area (Å²) in [5.74, 6) is -0.0747. The highest BCUT2D eigenvalue weighted by Gasteiger charge is 2.43. The third-order valence-electron chi connectivity index (χ3n) is 2.95. The van der Waals surface area contributed by atoms with Crippen LogP contribution in [0.4, 0.5) is 0 Å². The van der Waals surface area contributed by atoms with Crippen LogP contribution in [-0.2, 0) is 0 Å². The fourth-order valence-electron chi connectivity index (χ4n) is 1.91. The highest BCUT2D eigenvalue weighted by Crippen LogP contribution is 2.40. The summed E-state index contributed by atoms with van der Waals surface area (Å²) < 4.78 is 5.89. The highest BCUT2D eigenvalue weighted by molar-refractivity contribution is 8.00. The number of thioether (sulfide) groups is 1. The molecule has 0 amide bonds. The maximum Gasteiger partial charge on any atom is 0.329 e. The molecule has 9 heteroatoms. The minimum atomic E-state index is -1.23. The Morgan fingerprint density at radius 1 is 1.42 bits per heavy atom. The van der Waals surface area contributed by atoms with Crippen molar-refractivity contribution in [2.75, 3.05) is 13.7 Å². The Kier molecular flexibility index (Phi) is 3.99. The summed E-state index contributed by atoms with van der Waals surface area (Å²) in [6, 6.07) is 0. The first-order valence-corrected chi connectivity index (χ1v) is 6.45. The zero-order valence-electron chi connectivity index (χ0n) is 10.0. The normalized spacial score (nSPS) is 30.5. The fraction of sp³-hybridized carbons (Fsp3) is 0.600. The molecule has 8 nitrogen and oxygen atoms in total. The quantitative estimate of drug-likeness (QED) is 0.501. The molecular weight excluding hydrogens is 276 g/mol. The molecule has 0 aliphatic carbocycles. The number of aromatic amines is 1. The van der Waals surface area contributed by atoms with E-state index < -0.39 is 34.1 Å². The molecular formula is C10H14N2O6S. The zero-order chi connectivity index (χ0) is 14.2. The molecule has 1 aromatic rings. The topological polar surface area (TPSA) is 125 Å². The first-order valence-electron chi connectivity index (χ1n) is 5.51. The Bertz CT molecular complexity index is 570. The monoisotopic (exact) mass is 290 g/mol. The Morgan fingerprint density at radius 3 is 2.63 bits per heavy atom. The first-order chi connectivity index (χ1) is 8.99. The molecule has 1 aliphatic heterocycles. The molecule has 1 saturated heterocycles. The number of H-pyrrole nitrogens is 1. The second-order valence-electron chi connectivity index (χ2n) is 4.09. The van der Waals surface area contributed by atoms with Gasteiger partial charge in [0.1, 0.15) is 11.5 Å². The van der Waals surface area contributed by atoms with Gasteiger partial charge in [-0.1, -0.05) is 0 Å². The first kappa shape index (κ1) is 14.1. The number of hydrogen-bond acceptors (Lipinski definition) is 7. The van der Waals surface area contributed by atoms with Crippen LogP contribution in [0, 0.1) is 0 Å². The van der Waals surface area contributed by atoms with Gasteiger partial charge in [-0.2, -0.15) is 0 Å². The SMILES string of the molecule is COc1cn([C@@H]2S[C@H](CO)C(O)[C@@H]2O)c(=O)[nH]c1=O. The van der Waals surface area contributed by atoms with Gasteiger partial charge < -0.3 is 20.1 Å². The van der Waals surface area contributed by atoms with Crippen LogP contribution >= 0.6 is 11.8 Å². The van der Waals surface area contributed by atoms with Crippen molar-refractivity contribution in [2.24, 2.45) is 0 Å². The van der Waals surface area contributed by atoms with Crippen molar-refractivity contribution in [3.05, 3.63) is 27.0 Å². The van der Waals surface area contributed by atoms with Gasteiger partial charge in [-0.3, -0.25) is 14.3 Å². The third kappa shape index (κ3) is 2.41. The standard InChI is InChI=1S/C10H14N2O6S/c1-18-4-2-12(10(17)11-8(4)16)9-7(15)6(14)5(3-13)19-9/h2,5-7,9,13-15H,3H2,1H3,(H,11,16,17)/t5-,6?,7+,9-/m1/s1. The molecule has 0 radical (unpaired) electrons. The minimum absolute atomic E-state index is 0.0747. The van der Waals surface area contributed by atoms with Crippen LogP contribution in [0.2, 0.25) is 0 Å². The van der Waals surface area contributed by atoms with Crippen molar-refractivity contribution in [3.63, 3.8) is 0 Å². The van der Waals surface area contributed by atoms with E-state index in [-0.39, 0.29) is 12.4 Å². The molecule has 4 N–H and O–H groups in total. The Balaban J connectivity index is 2.43. The zero-order valence-corrected chi connectivity index (χ0v) is 10.8. The van der Waals surface area contributed by atoms with Crippen molar-refractivity contribution >= 4 is 11.8 Å². The third-order valence-corrected chi connectivity index (χ3v) is 4.51. The molecule has 0 aromatic carbocycles. The second-order valence-corrected chi connectivity index (χ2v) is 5.45. The van der Waals surface area contributed by atoms with Crippen molar-refractivity contribution in [2.45, 2.75) is 22.8 Å². The van der Waals surface area contributed by atoms with E-state index in [0.717, 1.165) is 16.3 Å². The summed E-state index contributed by atoms with van der Waals surface area (Å²) >= 11 is 1.05. The molecule has 1 unspecified atom stereocenters. The molecule has 2 heterocycles. The fourth-order valence-corrected chi connectivity index (χ4v) is 3.29. The molecule has 1 aromatic heterocycles. The summed E-state index contributed by atoms with van der Waals surface area (Å²) in [6.07, 6.45) is -1.20. The van der Waals surface area contributed by atoms with Crippen molar-refractivity contribution in [1.29, 1.82) is 0 Å². The summed E-state index contributed by atoms with van der Waals surface area (Å²) in [5.41, 5.74) is -1.38. The predicted octanol–water partition coefficient (Wildman–Crippen LogP) is -2.13. The van der Waals surface area contributed by atoms with Crippen LogP contribution in [-0.4, -0.2) is 56.0 Å². The van der Waals surface area contributed by atoms with Gasteiger partial charge in [-0.25, -0.2) is 4.79 Å². The van der Waals surface area contributed by atoms with Crippen LogP contribution in [0.25, 0.3) is 0 Å². The molecule has 19 heavy (non-hydrogen) atoms. The van der Waals surface area contributed by atoms with Crippen LogP contribution < -0.4 is 16.0 Å². The maximum absolute atomic E-state index is 11.7. The lowest BCUT2D eigenvalue weighted by Crippen LogP contribution is -2.37. The van der Waals surface area contributed by atoms with E-state index in [1.807, 2.05) is 0 Å². The summed E-state index contributed by atoms with van der Waals surface area (Å²) in [4.78, 5) is 25.1. The second kappa shape index (κ2) is 5.37. The lowest BCUT2D eigenvalue weighted by atomic mass is 10.1. The van der Waals surface area contributed by atoms with E-state index >= 15 is 0 Å². The Morgan fingerprint density at radius 2 is 2.11 bits per heavy atom. The number of aromatic nitrogens is 2. The van der Waals surface area contributed by atoms with Gasteiger partial charge in [0.15, 0.2) is 0 Å². The molecule has 4 atom stereocenters. The molecule has 0 spiro atoms. The maximum atomic E-state index is 11.7. The largest absolute Gasteiger partial charge is 0.490 e. The summed E-state index contributed by atoms with van der Waals surface area (Å²) in [6.45, 7) is -0.325. The molecule has 106 valence electrons. The van der Waals surface area contributed by atoms with E-state index in [0.29, 0.717) is 0 Å². The molecule has 1 fully saturated rings. The minimum Gasteiger partial charge on any atom is -0.490 e. The van der Waals surface area contributed by atoms with Crippen LogP contribution in [0.1, 0.15) is 5.37 Å². The molecule has 2 rings (SSSR count). The average Bonchev–Trinajstić information content (AvgIpc) is 2.67. The van der Waals surface area contributed by atoms with Gasteiger partial charge in [0.05, 0.1) is 31.3 Å². The average molecular weight is 290 g/mol. The van der Waals surface area contributed by atoms with Gasteiger partial charge >= 0.3 is 5.69 Å². The molecule has 0 bridgehead atoms. The lowest BCUT2D eigenvalue weighted by Gasteiger charge is -2.17. The van der Waals surface area contributed by atoms with Gasteiger partial charge in [0, 0.05) is 0 Å². The molecule has 1 aliphatic rings. The van der Waals surface area contributed by atoms with Crippen molar-refractivity contribution < 1.29 is 20.1 Å². The summed E-state index contributed by atoms with van der Waals surface area (Å²) in [7, 11) is 1.28. The number of hydrogen-bond donors (Lipinski definition) is 4. The smallest absolute Gasteiger partial charge is 0.329 e. The van der Waals surface area contributed by atoms with E-state index in [1.54, 1.807) is 0 Å². The predicted molar refractivity (Wildman–Crippen MR) is 67.4 cm³/mol. The van der Waals surface area contributed by atoms with Gasteiger partial charge in [0.25, 0.3) is 5.56 Å². The lowest BCUT2D eigenvalue weighted by molar-refractivity contribution is 0.0100. The van der Waals surface area contributed by atoms with Crippen LogP contribution in [0.5, 0.6) is 5.75 Å². The Hall–Kier alpha value is -1.29. The number of rotatable bonds is 3. The number of nitrogens with zero attached hydrogens (tertiary/aromatic N) is 1. The van der Waals surface area contributed by atoms with Gasteiger partial charge in [0.2, 0.25) is 5.75 Å². The van der Waals surface area contributed by atoms with Crippen LogP contribution in [0.3, 0.4) is 0 Å². The van der Waals surface area contributed by atoms with Crippen molar-refractivity contribution in [1.82, 2.24) is 9.55 Å². The van der Waals surface area contributed by atoms with E-state index in [4.69, 9.17) is 9.84 Å². The number of nitrogens with one attached hydrogen (secondary N) is 1. The van der Waals surface area contributed by atoms with Gasteiger partial charge in [-0.05, 0) is 0 Å². The van der Waals surface area contributed by atoms with Gasteiger partial charge in [-0.15, -0.1) is 11.8 Å². The van der Waals surface area contributed by atoms with Crippen molar-refractivity contribution in [3.8, 4) is 5.75 Å². The van der Waals surface area contributed by atoms with E-state index in [1.165, 1.54) is 13.3 Å². The summed E-state index contributed by atoms with van der Waals surface area (Å²) in [5, 5.41) is 27.3. The van der Waals surface area contributed by atoms with Crippen LogP contribution in [0.15, 0.2) is 15.8 Å². The van der Waals surface area contributed by atoms with E-state index in [2.05, 4.69) is 4.98 Å². The number of aliphatic hydroxyl groups is 3. The van der Waals surface area contributed by atoms with E-state index in [9.17, 15) is 19.8 Å². The highest BCUT2D eigenvalue weighted by atomic mass is 32.2. The number of aliphatic hydroxyl groups excluding tert-OH is 3.